The SMILES string of the molecule is CCOC(=O)C1=C(C)N=c2s/c(=C\c3ccc(-c4ccc(F)cc4F)o3)c(=O)n2[C@@H]1c1ccc(OCC)cc1. The number of hydrogen-bond acceptors (Lipinski definition) is 7. The van der Waals surface area contributed by atoms with Crippen molar-refractivity contribution in [2.45, 2.75) is 26.8 Å². The maximum absolute atomic E-state index is 14.2. The molecule has 4 aromatic rings. The molecule has 3 heterocycles. The van der Waals surface area contributed by atoms with Gasteiger partial charge in [-0.3, -0.25) is 9.36 Å². The number of rotatable bonds is 7. The van der Waals surface area contributed by atoms with Crippen LogP contribution >= 0.6 is 11.3 Å². The first-order valence-corrected chi connectivity index (χ1v) is 13.1. The molecule has 0 N–H and O–H groups in total. The lowest BCUT2D eigenvalue weighted by Crippen LogP contribution is -2.39. The highest BCUT2D eigenvalue weighted by atomic mass is 32.1. The third-order valence-corrected chi connectivity index (χ3v) is 7.10. The molecular formula is C29H24F2N2O5S. The Hall–Kier alpha value is -4.31. The number of aromatic nitrogens is 1. The van der Waals surface area contributed by atoms with Crippen LogP contribution in [0.2, 0.25) is 0 Å². The predicted molar refractivity (Wildman–Crippen MR) is 142 cm³/mol. The van der Waals surface area contributed by atoms with Crippen molar-refractivity contribution in [3.05, 3.63) is 109 Å². The van der Waals surface area contributed by atoms with Crippen LogP contribution in [-0.2, 0) is 9.53 Å². The van der Waals surface area contributed by atoms with Gasteiger partial charge < -0.3 is 13.9 Å². The number of nitrogens with zero attached hydrogens (tertiary/aromatic N) is 2. The molecule has 39 heavy (non-hydrogen) atoms. The van der Waals surface area contributed by atoms with E-state index in [0.717, 1.165) is 23.5 Å². The van der Waals surface area contributed by atoms with Gasteiger partial charge >= 0.3 is 5.97 Å². The van der Waals surface area contributed by atoms with E-state index in [1.807, 2.05) is 6.92 Å². The summed E-state index contributed by atoms with van der Waals surface area (Å²) in [4.78, 5) is 31.7. The summed E-state index contributed by atoms with van der Waals surface area (Å²) in [6, 6.07) is 12.8. The van der Waals surface area contributed by atoms with Gasteiger partial charge in [-0.25, -0.2) is 18.6 Å². The van der Waals surface area contributed by atoms with Crippen LogP contribution in [0.5, 0.6) is 5.75 Å². The standard InChI is InChI=1S/C29H24F2N2O5S/c1-4-36-19-9-6-17(7-10-19)26-25(28(35)37-5-2)16(3)32-29-33(26)27(34)24(39-29)15-20-11-13-23(38-20)21-12-8-18(30)14-22(21)31/h6-15,26H,4-5H2,1-3H3/b24-15-/t26-/m1/s1. The maximum atomic E-state index is 14.2. The van der Waals surface area contributed by atoms with Gasteiger partial charge in [0.15, 0.2) is 4.80 Å². The number of carbonyl (C=O) groups excluding carboxylic acids is 1. The Morgan fingerprint density at radius 1 is 1.10 bits per heavy atom. The molecule has 0 spiro atoms. The molecule has 200 valence electrons. The predicted octanol–water partition coefficient (Wildman–Crippen LogP) is 4.74. The van der Waals surface area contributed by atoms with Crippen molar-refractivity contribution in [2.75, 3.05) is 13.2 Å². The first-order valence-electron chi connectivity index (χ1n) is 12.3. The molecule has 0 bridgehead atoms. The molecule has 10 heteroatoms. The molecule has 0 aliphatic carbocycles. The van der Waals surface area contributed by atoms with Crippen molar-refractivity contribution in [1.29, 1.82) is 0 Å². The Balaban J connectivity index is 1.61. The van der Waals surface area contributed by atoms with Crippen LogP contribution < -0.4 is 19.6 Å². The third kappa shape index (κ3) is 5.07. The lowest BCUT2D eigenvalue weighted by Gasteiger charge is -2.24. The van der Waals surface area contributed by atoms with Gasteiger partial charge in [0.05, 0.1) is 40.6 Å². The number of esters is 1. The number of hydrogen-bond donors (Lipinski definition) is 0. The van der Waals surface area contributed by atoms with Gasteiger partial charge in [-0.15, -0.1) is 0 Å². The van der Waals surface area contributed by atoms with E-state index in [9.17, 15) is 18.4 Å². The Kier molecular flexibility index (Phi) is 7.30. The number of halogens is 2. The second kappa shape index (κ2) is 10.8. The molecule has 0 unspecified atom stereocenters. The van der Waals surface area contributed by atoms with Gasteiger partial charge in [0, 0.05) is 12.1 Å². The van der Waals surface area contributed by atoms with Gasteiger partial charge in [0.2, 0.25) is 0 Å². The van der Waals surface area contributed by atoms with E-state index in [4.69, 9.17) is 13.9 Å². The summed E-state index contributed by atoms with van der Waals surface area (Å²) in [6.45, 7) is 5.98. The summed E-state index contributed by atoms with van der Waals surface area (Å²) in [5.41, 5.74) is 1.13. The topological polar surface area (TPSA) is 83.0 Å². The highest BCUT2D eigenvalue weighted by Crippen LogP contribution is 2.32. The van der Waals surface area contributed by atoms with Crippen LogP contribution in [0.25, 0.3) is 17.4 Å². The van der Waals surface area contributed by atoms with Gasteiger partial charge in [-0.2, -0.15) is 0 Å². The van der Waals surface area contributed by atoms with Crippen molar-refractivity contribution in [3.63, 3.8) is 0 Å². The minimum Gasteiger partial charge on any atom is -0.494 e. The zero-order chi connectivity index (χ0) is 27.7. The first-order chi connectivity index (χ1) is 18.8. The molecule has 0 fully saturated rings. The Bertz CT molecular complexity index is 1770. The summed E-state index contributed by atoms with van der Waals surface area (Å²) < 4.78 is 45.9. The van der Waals surface area contributed by atoms with Gasteiger partial charge in [-0.05, 0) is 62.7 Å². The summed E-state index contributed by atoms with van der Waals surface area (Å²) in [6.07, 6.45) is 1.54. The highest BCUT2D eigenvalue weighted by Gasteiger charge is 2.33. The monoisotopic (exact) mass is 550 g/mol. The van der Waals surface area contributed by atoms with Crippen molar-refractivity contribution in [1.82, 2.24) is 4.57 Å². The average Bonchev–Trinajstić information content (AvgIpc) is 3.48. The molecule has 0 amide bonds. The molecule has 2 aromatic heterocycles. The number of ether oxygens (including phenoxy) is 2. The van der Waals surface area contributed by atoms with Crippen LogP contribution in [0.3, 0.4) is 0 Å². The number of allylic oxidation sites excluding steroid dienone is 1. The van der Waals surface area contributed by atoms with Crippen LogP contribution in [0, 0.1) is 11.6 Å². The minimum atomic E-state index is -0.765. The van der Waals surface area contributed by atoms with Crippen molar-refractivity contribution in [3.8, 4) is 17.1 Å². The Morgan fingerprint density at radius 2 is 1.87 bits per heavy atom. The molecule has 1 aliphatic heterocycles. The molecule has 0 saturated heterocycles. The summed E-state index contributed by atoms with van der Waals surface area (Å²) in [5.74, 6) is -0.837. The summed E-state index contributed by atoms with van der Waals surface area (Å²) >= 11 is 1.14. The van der Waals surface area contributed by atoms with Gasteiger partial charge in [0.1, 0.15) is 28.9 Å². The molecule has 2 aromatic carbocycles. The van der Waals surface area contributed by atoms with Crippen LogP contribution in [-0.4, -0.2) is 23.8 Å². The molecule has 5 rings (SSSR count). The normalized spacial score (nSPS) is 15.2. The number of carbonyl (C=O) groups is 1. The number of furan rings is 1. The number of benzene rings is 2. The maximum Gasteiger partial charge on any atom is 0.338 e. The zero-order valence-electron chi connectivity index (χ0n) is 21.4. The van der Waals surface area contributed by atoms with E-state index in [1.165, 1.54) is 16.7 Å². The fourth-order valence-electron chi connectivity index (χ4n) is 4.41. The molecule has 7 nitrogen and oxygen atoms in total. The van der Waals surface area contributed by atoms with E-state index < -0.39 is 23.6 Å². The van der Waals surface area contributed by atoms with E-state index in [0.29, 0.717) is 38.7 Å². The van der Waals surface area contributed by atoms with Crippen molar-refractivity contribution in [2.24, 2.45) is 4.99 Å². The highest BCUT2D eigenvalue weighted by molar-refractivity contribution is 7.07. The minimum absolute atomic E-state index is 0.0997. The zero-order valence-corrected chi connectivity index (χ0v) is 22.2. The number of fused-ring (bicyclic) bond motifs is 1. The smallest absolute Gasteiger partial charge is 0.338 e. The Morgan fingerprint density at radius 3 is 2.56 bits per heavy atom. The van der Waals surface area contributed by atoms with E-state index in [1.54, 1.807) is 50.2 Å². The molecule has 0 radical (unpaired) electrons. The second-order valence-corrected chi connectivity index (χ2v) is 9.64. The van der Waals surface area contributed by atoms with E-state index in [2.05, 4.69) is 4.99 Å². The summed E-state index contributed by atoms with van der Waals surface area (Å²) in [7, 11) is 0. The largest absolute Gasteiger partial charge is 0.494 e. The second-order valence-electron chi connectivity index (χ2n) is 8.63. The van der Waals surface area contributed by atoms with Crippen molar-refractivity contribution < 1.29 is 27.5 Å². The fraction of sp³-hybridized carbons (Fsp3) is 0.207. The van der Waals surface area contributed by atoms with Crippen molar-refractivity contribution >= 4 is 23.4 Å². The van der Waals surface area contributed by atoms with E-state index >= 15 is 0 Å². The molecule has 0 saturated carbocycles. The van der Waals surface area contributed by atoms with E-state index in [-0.39, 0.29) is 29.1 Å². The van der Waals surface area contributed by atoms with Crippen LogP contribution in [0.1, 0.15) is 38.1 Å². The molecular weight excluding hydrogens is 526 g/mol. The number of thiazole rings is 1. The average molecular weight is 551 g/mol. The van der Waals surface area contributed by atoms with Crippen LogP contribution in [0.4, 0.5) is 8.78 Å². The fourth-order valence-corrected chi connectivity index (χ4v) is 5.44. The lowest BCUT2D eigenvalue weighted by atomic mass is 9.96. The van der Waals surface area contributed by atoms with Crippen LogP contribution in [0.15, 0.2) is 80.1 Å². The van der Waals surface area contributed by atoms with Gasteiger partial charge in [0.25, 0.3) is 5.56 Å². The first kappa shape index (κ1) is 26.3. The lowest BCUT2D eigenvalue weighted by molar-refractivity contribution is -0.139. The quantitative estimate of drug-likeness (QED) is 0.311. The Labute approximate surface area is 226 Å². The third-order valence-electron chi connectivity index (χ3n) is 6.12. The summed E-state index contributed by atoms with van der Waals surface area (Å²) in [5, 5.41) is 0. The molecule has 1 aliphatic rings. The van der Waals surface area contributed by atoms with Gasteiger partial charge in [-0.1, -0.05) is 23.5 Å². The molecule has 1 atom stereocenters.